The lowest BCUT2D eigenvalue weighted by molar-refractivity contribution is 0.548. The molecule has 0 spiro atoms. The minimum Gasteiger partial charge on any atom is -0.399 e. The molecule has 0 aliphatic heterocycles. The van der Waals surface area contributed by atoms with Gasteiger partial charge in [-0.15, -0.1) is 0 Å². The highest BCUT2D eigenvalue weighted by molar-refractivity contribution is 5.69. The van der Waals surface area contributed by atoms with Crippen LogP contribution in [0.1, 0.15) is 5.56 Å². The largest absolute Gasteiger partial charge is 0.399 e. The van der Waals surface area contributed by atoms with Gasteiger partial charge >= 0.3 is 0 Å². The molecule has 2 aromatic rings. The number of anilines is 1. The van der Waals surface area contributed by atoms with Crippen LogP contribution in [0.4, 0.5) is 18.9 Å². The zero-order chi connectivity index (χ0) is 12.6. The minimum absolute atomic E-state index is 0.262. The van der Waals surface area contributed by atoms with E-state index < -0.39 is 17.5 Å². The van der Waals surface area contributed by atoms with Crippen molar-refractivity contribution in [2.45, 2.75) is 6.92 Å². The van der Waals surface area contributed by atoms with Gasteiger partial charge in [0.1, 0.15) is 17.5 Å². The van der Waals surface area contributed by atoms with Crippen LogP contribution in [0.2, 0.25) is 0 Å². The van der Waals surface area contributed by atoms with Crippen molar-refractivity contribution < 1.29 is 13.2 Å². The monoisotopic (exact) mass is 237 g/mol. The Morgan fingerprint density at radius 2 is 1.47 bits per heavy atom. The van der Waals surface area contributed by atoms with Gasteiger partial charge in [0.05, 0.1) is 5.56 Å². The minimum atomic E-state index is -0.940. The fraction of sp³-hybridized carbons (Fsp3) is 0.0769. The second kappa shape index (κ2) is 4.13. The van der Waals surface area contributed by atoms with Crippen LogP contribution in [0.5, 0.6) is 0 Å². The number of benzene rings is 2. The number of hydrogen-bond acceptors (Lipinski definition) is 1. The van der Waals surface area contributed by atoms with Crippen LogP contribution < -0.4 is 5.73 Å². The Hall–Kier alpha value is -1.97. The van der Waals surface area contributed by atoms with E-state index in [-0.39, 0.29) is 5.56 Å². The summed E-state index contributed by atoms with van der Waals surface area (Å²) in [7, 11) is 0. The van der Waals surface area contributed by atoms with E-state index in [9.17, 15) is 13.2 Å². The summed E-state index contributed by atoms with van der Waals surface area (Å²) < 4.78 is 39.9. The topological polar surface area (TPSA) is 26.0 Å². The standard InChI is InChI=1S/C13H10F3N/c1-7-2-8(4-10(17)3-7)13-11(15)5-9(14)6-12(13)16/h2-6H,17H2,1H3. The lowest BCUT2D eigenvalue weighted by Gasteiger charge is -2.08. The molecular weight excluding hydrogens is 227 g/mol. The molecule has 0 radical (unpaired) electrons. The molecule has 0 atom stereocenters. The van der Waals surface area contributed by atoms with Crippen molar-refractivity contribution in [3.63, 3.8) is 0 Å². The third kappa shape index (κ3) is 2.25. The van der Waals surface area contributed by atoms with E-state index in [0.717, 1.165) is 5.56 Å². The van der Waals surface area contributed by atoms with Crippen molar-refractivity contribution in [1.29, 1.82) is 0 Å². The van der Waals surface area contributed by atoms with Crippen LogP contribution in [0.15, 0.2) is 30.3 Å². The van der Waals surface area contributed by atoms with Gasteiger partial charge < -0.3 is 5.73 Å². The average Bonchev–Trinajstić information content (AvgIpc) is 2.13. The van der Waals surface area contributed by atoms with Gasteiger partial charge in [0.2, 0.25) is 0 Å². The van der Waals surface area contributed by atoms with E-state index in [1.807, 2.05) is 0 Å². The molecule has 2 N–H and O–H groups in total. The molecule has 1 nitrogen and oxygen atoms in total. The van der Waals surface area contributed by atoms with E-state index >= 15 is 0 Å². The highest BCUT2D eigenvalue weighted by Gasteiger charge is 2.14. The third-order valence-corrected chi connectivity index (χ3v) is 2.40. The maximum atomic E-state index is 13.5. The van der Waals surface area contributed by atoms with Crippen LogP contribution in [0.25, 0.3) is 11.1 Å². The molecule has 0 heterocycles. The summed E-state index contributed by atoms with van der Waals surface area (Å²) in [5, 5.41) is 0. The summed E-state index contributed by atoms with van der Waals surface area (Å²) in [6, 6.07) is 6.03. The Balaban J connectivity index is 2.68. The predicted molar refractivity (Wildman–Crippen MR) is 60.9 cm³/mol. The number of hydrogen-bond donors (Lipinski definition) is 1. The van der Waals surface area contributed by atoms with E-state index in [2.05, 4.69) is 0 Å². The van der Waals surface area contributed by atoms with E-state index in [4.69, 9.17) is 5.73 Å². The highest BCUT2D eigenvalue weighted by atomic mass is 19.1. The summed E-state index contributed by atoms with van der Waals surface area (Å²) in [5.74, 6) is -2.82. The normalized spacial score (nSPS) is 10.6. The molecule has 0 amide bonds. The molecule has 0 bridgehead atoms. The molecule has 0 aliphatic rings. The lowest BCUT2D eigenvalue weighted by atomic mass is 10.0. The van der Waals surface area contributed by atoms with Gasteiger partial charge in [-0.25, -0.2) is 13.2 Å². The van der Waals surface area contributed by atoms with Crippen molar-refractivity contribution in [3.8, 4) is 11.1 Å². The van der Waals surface area contributed by atoms with Gasteiger partial charge in [-0.1, -0.05) is 6.07 Å². The Kier molecular flexibility index (Phi) is 2.79. The Bertz CT molecular complexity index is 536. The summed E-state index contributed by atoms with van der Waals surface area (Å²) >= 11 is 0. The number of rotatable bonds is 1. The van der Waals surface area contributed by atoms with Crippen LogP contribution in [-0.2, 0) is 0 Å². The molecule has 0 saturated heterocycles. The lowest BCUT2D eigenvalue weighted by Crippen LogP contribution is -1.94. The second-order valence-corrected chi connectivity index (χ2v) is 3.88. The summed E-state index contributed by atoms with van der Waals surface area (Å²) in [6.45, 7) is 1.76. The van der Waals surface area contributed by atoms with Crippen molar-refractivity contribution in [3.05, 3.63) is 53.3 Å². The van der Waals surface area contributed by atoms with Crippen LogP contribution in [0.3, 0.4) is 0 Å². The summed E-state index contributed by atoms with van der Waals surface area (Å²) in [6.07, 6.45) is 0. The average molecular weight is 237 g/mol. The highest BCUT2D eigenvalue weighted by Crippen LogP contribution is 2.29. The summed E-state index contributed by atoms with van der Waals surface area (Å²) in [5.41, 5.74) is 6.84. The molecule has 88 valence electrons. The number of nitrogens with two attached hydrogens (primary N) is 1. The van der Waals surface area contributed by atoms with E-state index in [1.165, 1.54) is 6.07 Å². The van der Waals surface area contributed by atoms with Gasteiger partial charge in [0.25, 0.3) is 0 Å². The Labute approximate surface area is 96.7 Å². The first-order valence-electron chi connectivity index (χ1n) is 4.99. The molecule has 2 rings (SSSR count). The smallest absolute Gasteiger partial charge is 0.136 e. The first kappa shape index (κ1) is 11.5. The molecule has 0 unspecified atom stereocenters. The molecule has 0 aromatic heterocycles. The van der Waals surface area contributed by atoms with Gasteiger partial charge in [0, 0.05) is 17.8 Å². The molecule has 0 fully saturated rings. The predicted octanol–water partition coefficient (Wildman–Crippen LogP) is 3.66. The first-order chi connectivity index (χ1) is 7.97. The van der Waals surface area contributed by atoms with Crippen LogP contribution in [-0.4, -0.2) is 0 Å². The zero-order valence-corrected chi connectivity index (χ0v) is 9.10. The van der Waals surface area contributed by atoms with Crippen molar-refractivity contribution >= 4 is 5.69 Å². The van der Waals surface area contributed by atoms with E-state index in [1.54, 1.807) is 19.1 Å². The van der Waals surface area contributed by atoms with Gasteiger partial charge in [-0.05, 0) is 30.2 Å². The maximum Gasteiger partial charge on any atom is 0.136 e. The fourth-order valence-electron chi connectivity index (χ4n) is 1.78. The molecule has 0 aliphatic carbocycles. The van der Waals surface area contributed by atoms with Crippen molar-refractivity contribution in [2.24, 2.45) is 0 Å². The Morgan fingerprint density at radius 3 is 2.00 bits per heavy atom. The molecule has 17 heavy (non-hydrogen) atoms. The van der Waals surface area contributed by atoms with Gasteiger partial charge in [-0.2, -0.15) is 0 Å². The first-order valence-corrected chi connectivity index (χ1v) is 4.99. The van der Waals surface area contributed by atoms with Crippen LogP contribution in [0, 0.1) is 24.4 Å². The molecular formula is C13H10F3N. The van der Waals surface area contributed by atoms with Crippen molar-refractivity contribution in [1.82, 2.24) is 0 Å². The number of nitrogen functional groups attached to an aromatic ring is 1. The second-order valence-electron chi connectivity index (χ2n) is 3.88. The molecule has 4 heteroatoms. The van der Waals surface area contributed by atoms with Crippen molar-refractivity contribution in [2.75, 3.05) is 5.73 Å². The third-order valence-electron chi connectivity index (χ3n) is 2.40. The Morgan fingerprint density at radius 1 is 0.882 bits per heavy atom. The maximum absolute atomic E-state index is 13.5. The fourth-order valence-corrected chi connectivity index (χ4v) is 1.78. The number of aryl methyl sites for hydroxylation is 1. The van der Waals surface area contributed by atoms with Gasteiger partial charge in [0.15, 0.2) is 0 Å². The van der Waals surface area contributed by atoms with Gasteiger partial charge in [-0.3, -0.25) is 0 Å². The SMILES string of the molecule is Cc1cc(N)cc(-c2c(F)cc(F)cc2F)c1. The van der Waals surface area contributed by atoms with Crippen LogP contribution >= 0.6 is 0 Å². The zero-order valence-electron chi connectivity index (χ0n) is 9.10. The summed E-state index contributed by atoms with van der Waals surface area (Å²) in [4.78, 5) is 0. The quantitative estimate of drug-likeness (QED) is 0.752. The molecule has 0 saturated carbocycles. The number of halogens is 3. The molecule has 2 aromatic carbocycles. The van der Waals surface area contributed by atoms with E-state index in [0.29, 0.717) is 23.4 Å².